The molecule has 2 unspecified atom stereocenters. The molecule has 3 aliphatic rings. The molecule has 2 atom stereocenters. The van der Waals surface area contributed by atoms with Gasteiger partial charge in [-0.1, -0.05) is 64.1 Å². The Labute approximate surface area is 196 Å². The van der Waals surface area contributed by atoms with Crippen molar-refractivity contribution in [1.82, 2.24) is 0 Å². The highest BCUT2D eigenvalue weighted by atomic mass is 20.0. The molecule has 0 N–H and O–H groups in total. The predicted molar refractivity (Wildman–Crippen MR) is 120 cm³/mol. The zero-order valence-corrected chi connectivity index (χ0v) is 19.8. The average molecular weight is 499 g/mol. The van der Waals surface area contributed by atoms with Crippen LogP contribution in [0, 0.1) is 0 Å². The van der Waals surface area contributed by atoms with Crippen LogP contribution in [0.15, 0.2) is 36.4 Å². The molecule has 34 heavy (non-hydrogen) atoms. The minimum absolute atomic E-state index is 0.251. The highest BCUT2D eigenvalue weighted by molar-refractivity contribution is 5.96. The summed E-state index contributed by atoms with van der Waals surface area (Å²) >= 11 is 0. The molecule has 5 rings (SSSR count). The lowest BCUT2D eigenvalue weighted by Gasteiger charge is -2.23. The van der Waals surface area contributed by atoms with Crippen LogP contribution in [0.4, 0.5) is 27.4 Å². The van der Waals surface area contributed by atoms with Crippen LogP contribution < -0.4 is 9.47 Å². The topological polar surface area (TPSA) is 43.5 Å². The van der Waals surface area contributed by atoms with E-state index in [-0.39, 0.29) is 12.2 Å². The molecule has 0 saturated carbocycles. The van der Waals surface area contributed by atoms with Gasteiger partial charge in [0.1, 0.15) is 36.9 Å². The van der Waals surface area contributed by atoms with E-state index in [4.69, 9.17) is 46.4 Å². The fraction of sp³-hybridized carbons (Fsp3) is 0.500. The van der Waals surface area contributed by atoms with Gasteiger partial charge in [-0.05, 0) is 12.8 Å². The smallest absolute Gasteiger partial charge is 0.131 e. The second kappa shape index (κ2) is 18.9. The first-order valence-corrected chi connectivity index (χ1v) is 11.0. The largest absolute Gasteiger partial charge is 0.490 e. The maximum atomic E-state index is 8.00. The molecular weight excluding hydrogens is 466 g/mol. The third-order valence-corrected chi connectivity index (χ3v) is 4.77. The molecule has 4 nitrogen and oxygen atoms in total. The molecule has 194 valence electrons. The Bertz CT molecular complexity index is 760. The second-order valence-electron chi connectivity index (χ2n) is 6.57. The Balaban J connectivity index is 0.000000976. The molecule has 0 spiro atoms. The van der Waals surface area contributed by atoms with Gasteiger partial charge in [-0.25, -0.2) is 0 Å². The van der Waals surface area contributed by atoms with Crippen LogP contribution in [-0.4, -0.2) is 38.6 Å². The van der Waals surface area contributed by atoms with Gasteiger partial charge in [0.15, 0.2) is 0 Å². The normalized spacial score (nSPS) is 17.7. The summed E-state index contributed by atoms with van der Waals surface area (Å²) in [6, 6.07) is 8.36. The van der Waals surface area contributed by atoms with Crippen molar-refractivity contribution >= 4 is 10.8 Å². The second-order valence-corrected chi connectivity index (χ2v) is 6.57. The number of hydrogen-bond acceptors (Lipinski definition) is 4. The summed E-state index contributed by atoms with van der Waals surface area (Å²) in [5.41, 5.74) is 2.51. The molecule has 2 heterocycles. The van der Waals surface area contributed by atoms with Gasteiger partial charge in [0.05, 0.1) is 13.2 Å². The number of hydrogen-bond donors (Lipinski definition) is 0. The van der Waals surface area contributed by atoms with E-state index in [9.17, 15) is 0 Å². The van der Waals surface area contributed by atoms with Gasteiger partial charge in [-0.3, -0.25) is 0 Å². The fourth-order valence-electron chi connectivity index (χ4n) is 3.32. The maximum Gasteiger partial charge on any atom is 0.131 e. The third-order valence-electron chi connectivity index (χ3n) is 4.77. The van der Waals surface area contributed by atoms with Crippen LogP contribution in [0.3, 0.4) is 0 Å². The Morgan fingerprint density at radius 1 is 0.676 bits per heavy atom. The Kier molecular flexibility index (Phi) is 17.5. The Morgan fingerprint density at radius 2 is 1.00 bits per heavy atom. The maximum absolute atomic E-state index is 8.00. The van der Waals surface area contributed by atoms with E-state index in [1.807, 2.05) is 27.7 Å². The molecule has 2 aromatic carbocycles. The first-order valence-electron chi connectivity index (χ1n) is 11.0. The van der Waals surface area contributed by atoms with Crippen molar-refractivity contribution in [2.75, 3.05) is 26.4 Å². The molecule has 0 bridgehead atoms. The summed E-state index contributed by atoms with van der Waals surface area (Å²) in [5, 5.41) is 2.25. The van der Waals surface area contributed by atoms with Crippen LogP contribution in [-0.2, 0) is 22.3 Å². The van der Waals surface area contributed by atoms with Crippen LogP contribution in [0.25, 0.3) is 10.8 Å². The van der Waals surface area contributed by atoms with Gasteiger partial charge >= 0.3 is 0 Å². The summed E-state index contributed by atoms with van der Waals surface area (Å²) in [7, 11) is 0. The summed E-state index contributed by atoms with van der Waals surface area (Å²) in [4.78, 5) is 0. The number of allylic oxidation sites excluding steroid dienone is 2. The predicted octanol–water partition coefficient (Wildman–Crippen LogP) is 7.62. The van der Waals surface area contributed by atoms with Crippen molar-refractivity contribution in [2.45, 2.75) is 52.7 Å². The van der Waals surface area contributed by atoms with E-state index in [0.717, 1.165) is 48.3 Å². The lowest BCUT2D eigenvalue weighted by atomic mass is 9.90. The van der Waals surface area contributed by atoms with Crippen LogP contribution >= 0.6 is 0 Å². The Hall–Kier alpha value is -2.46. The van der Waals surface area contributed by atoms with Gasteiger partial charge in [0.2, 0.25) is 0 Å². The monoisotopic (exact) mass is 498 g/mol. The van der Waals surface area contributed by atoms with Gasteiger partial charge < -0.3 is 18.9 Å². The van der Waals surface area contributed by atoms with Gasteiger partial charge in [0.25, 0.3) is 0 Å². The lowest BCUT2D eigenvalue weighted by Crippen LogP contribution is -2.12. The van der Waals surface area contributed by atoms with Gasteiger partial charge in [-0.2, -0.15) is 0 Å². The quantitative estimate of drug-likeness (QED) is 0.233. The van der Waals surface area contributed by atoms with Crippen molar-refractivity contribution in [1.29, 1.82) is 0 Å². The van der Waals surface area contributed by atoms with E-state index >= 15 is 0 Å². The molecule has 2 aliphatic heterocycles. The van der Waals surface area contributed by atoms with Gasteiger partial charge in [0, 0.05) is 49.3 Å². The summed E-state index contributed by atoms with van der Waals surface area (Å²) in [5.74, 6) is 1.99. The van der Waals surface area contributed by atoms with Crippen molar-refractivity contribution in [2.24, 2.45) is 0 Å². The number of benzene rings is 2. The summed E-state index contributed by atoms with van der Waals surface area (Å²) in [6.07, 6.45) is 6.70. The molecule has 2 saturated heterocycles. The van der Waals surface area contributed by atoms with Crippen LogP contribution in [0.5, 0.6) is 11.5 Å². The van der Waals surface area contributed by atoms with E-state index < -0.39 is 0 Å². The lowest BCUT2D eigenvalue weighted by molar-refractivity contribution is 0.108. The van der Waals surface area contributed by atoms with Gasteiger partial charge in [-0.15, -0.1) is 0 Å². The summed E-state index contributed by atoms with van der Waals surface area (Å²) in [6.45, 7) is 10.9. The molecule has 0 radical (unpaired) electrons. The highest BCUT2D eigenvalue weighted by Gasteiger charge is 2.28. The number of epoxide rings is 2. The molecule has 2 fully saturated rings. The van der Waals surface area contributed by atoms with Crippen molar-refractivity contribution in [3.63, 3.8) is 0 Å². The molecule has 0 amide bonds. The molecule has 1 aliphatic carbocycles. The van der Waals surface area contributed by atoms with Crippen LogP contribution in [0.1, 0.15) is 38.8 Å². The fourth-order valence-corrected chi connectivity index (χ4v) is 3.32. The summed E-state index contributed by atoms with van der Waals surface area (Å²) < 4.78 is 71.0. The number of halogens is 6. The zero-order chi connectivity index (χ0) is 25.9. The third kappa shape index (κ3) is 9.06. The number of rotatable bonds is 6. The van der Waals surface area contributed by atoms with E-state index in [0.29, 0.717) is 13.2 Å². The van der Waals surface area contributed by atoms with E-state index in [1.54, 1.807) is 0 Å². The SMILES string of the molecule is C1=CCc2c(c(OCC3CO3)c3ccccc3c2OCC2CO2)C1.CC.CC.FF.FF.FF. The van der Waals surface area contributed by atoms with E-state index in [2.05, 4.69) is 36.4 Å². The molecule has 10 heteroatoms. The first-order chi connectivity index (χ1) is 16.9. The van der Waals surface area contributed by atoms with Crippen molar-refractivity contribution in [3.8, 4) is 11.5 Å². The number of ether oxygens (including phenoxy) is 4. The minimum Gasteiger partial charge on any atom is -0.490 e. The minimum atomic E-state index is 0.251. The standard InChI is InChI=1S/C20H20O4.2C2H6.3F2/c1-2-6-16-15(5-1)19(23-11-13-9-21-13)17-7-3-4-8-18(17)20(16)24-12-14-10-22-14;5*1-2/h1-6,13-14H,7-12H2;2*1-2H3;;;. The van der Waals surface area contributed by atoms with Crippen LogP contribution in [0.2, 0.25) is 0 Å². The van der Waals surface area contributed by atoms with Crippen molar-refractivity contribution < 1.29 is 46.4 Å². The van der Waals surface area contributed by atoms with Crippen molar-refractivity contribution in [3.05, 3.63) is 47.5 Å². The highest BCUT2D eigenvalue weighted by Crippen LogP contribution is 2.43. The number of fused-ring (bicyclic) bond motifs is 2. The molecular formula is C24H32F6O4. The Morgan fingerprint density at radius 3 is 1.29 bits per heavy atom. The molecule has 0 aromatic heterocycles. The first kappa shape index (κ1) is 31.5. The van der Waals surface area contributed by atoms with E-state index in [1.165, 1.54) is 11.1 Å². The average Bonchev–Trinajstić information content (AvgIpc) is 3.88. The molecule has 2 aromatic rings. The zero-order valence-electron chi connectivity index (χ0n) is 19.8.